The first-order valence-corrected chi connectivity index (χ1v) is 5.41. The van der Waals surface area contributed by atoms with E-state index in [1.807, 2.05) is 30.5 Å². The quantitative estimate of drug-likeness (QED) is 0.864. The van der Waals surface area contributed by atoms with Crippen LogP contribution in [0.4, 0.5) is 5.13 Å². The van der Waals surface area contributed by atoms with Crippen molar-refractivity contribution in [2.24, 2.45) is 0 Å². The zero-order valence-corrected chi connectivity index (χ0v) is 9.54. The second kappa shape index (κ2) is 5.39. The molecule has 1 amide bonds. The summed E-state index contributed by atoms with van der Waals surface area (Å²) in [5.74, 6) is -0.117. The van der Waals surface area contributed by atoms with Gasteiger partial charge in [-0.05, 0) is 19.1 Å². The minimum absolute atomic E-state index is 0. The third-order valence-corrected chi connectivity index (χ3v) is 2.62. The number of anilines is 1. The summed E-state index contributed by atoms with van der Waals surface area (Å²) in [5.41, 5.74) is 1.73. The van der Waals surface area contributed by atoms with Gasteiger partial charge in [-0.3, -0.25) is 10.1 Å². The first-order chi connectivity index (χ1) is 7.25. The van der Waals surface area contributed by atoms with Gasteiger partial charge in [0.25, 0.3) is 5.91 Å². The fourth-order valence-electron chi connectivity index (χ4n) is 1.24. The highest BCUT2D eigenvalue weighted by molar-refractivity contribution is 7.13. The number of hydrogen-bond acceptors (Lipinski definition) is 3. The monoisotopic (exact) mass is 236 g/mol. The van der Waals surface area contributed by atoms with Gasteiger partial charge >= 0.3 is 0 Å². The lowest BCUT2D eigenvalue weighted by molar-refractivity contribution is 0.102. The zero-order valence-electron chi connectivity index (χ0n) is 8.73. The number of nitrogens with zero attached hydrogens (tertiary/aromatic N) is 1. The summed E-state index contributed by atoms with van der Waals surface area (Å²) < 4.78 is 0. The smallest absolute Gasteiger partial charge is 0.257 e. The van der Waals surface area contributed by atoms with E-state index < -0.39 is 0 Å². The minimum atomic E-state index is -0.117. The van der Waals surface area contributed by atoms with E-state index in [9.17, 15) is 4.79 Å². The number of benzene rings is 1. The summed E-state index contributed by atoms with van der Waals surface area (Å²) in [6.45, 7) is 1.96. The van der Waals surface area contributed by atoms with Gasteiger partial charge in [0.2, 0.25) is 0 Å². The molecule has 0 spiro atoms. The lowest BCUT2D eigenvalue weighted by Gasteiger charge is -2.01. The summed E-state index contributed by atoms with van der Waals surface area (Å²) in [6.07, 6.45) is 1.66. The fraction of sp³-hybridized carbons (Fsp3) is 0.0909. The Morgan fingerprint density at radius 2 is 2.25 bits per heavy atom. The SMILES string of the molecule is Cc1cccc(C(=O)Nc2nccs2)c1.O. The van der Waals surface area contributed by atoms with Gasteiger partial charge in [-0.25, -0.2) is 4.98 Å². The number of hydrogen-bond donors (Lipinski definition) is 1. The van der Waals surface area contributed by atoms with Crippen molar-refractivity contribution in [3.8, 4) is 0 Å². The average molecular weight is 236 g/mol. The molecule has 5 heteroatoms. The highest BCUT2D eigenvalue weighted by atomic mass is 32.1. The standard InChI is InChI=1S/C11H10N2OS.H2O/c1-8-3-2-4-9(7-8)10(14)13-11-12-5-6-15-11;/h2-7H,1H3,(H,12,13,14);1H2. The van der Waals surface area contributed by atoms with Crippen molar-refractivity contribution in [1.82, 2.24) is 4.98 Å². The number of amides is 1. The molecule has 0 bridgehead atoms. The van der Waals surface area contributed by atoms with Gasteiger partial charge in [0.05, 0.1) is 0 Å². The Morgan fingerprint density at radius 3 is 2.88 bits per heavy atom. The normalized spacial score (nSPS) is 9.31. The second-order valence-corrected chi connectivity index (χ2v) is 4.06. The molecule has 0 saturated heterocycles. The molecule has 0 saturated carbocycles. The summed E-state index contributed by atoms with van der Waals surface area (Å²) in [5, 5.41) is 5.19. The van der Waals surface area contributed by atoms with E-state index in [2.05, 4.69) is 10.3 Å². The predicted octanol–water partition coefficient (Wildman–Crippen LogP) is 1.88. The zero-order chi connectivity index (χ0) is 10.7. The Hall–Kier alpha value is -1.72. The molecule has 4 nitrogen and oxygen atoms in total. The molecule has 0 fully saturated rings. The van der Waals surface area contributed by atoms with E-state index in [-0.39, 0.29) is 11.4 Å². The number of carbonyl (C=O) groups is 1. The Labute approximate surface area is 97.3 Å². The number of aryl methyl sites for hydroxylation is 1. The predicted molar refractivity (Wildman–Crippen MR) is 64.9 cm³/mol. The molecule has 0 atom stereocenters. The van der Waals surface area contributed by atoms with Crippen LogP contribution in [0.25, 0.3) is 0 Å². The fourth-order valence-corrected chi connectivity index (χ4v) is 1.76. The molecule has 2 aromatic rings. The molecule has 1 heterocycles. The third kappa shape index (κ3) is 2.88. The van der Waals surface area contributed by atoms with Gasteiger partial charge in [-0.15, -0.1) is 11.3 Å². The molecule has 1 aromatic heterocycles. The van der Waals surface area contributed by atoms with Crippen LogP contribution in [-0.2, 0) is 0 Å². The van der Waals surface area contributed by atoms with Crippen LogP contribution >= 0.6 is 11.3 Å². The van der Waals surface area contributed by atoms with Crippen LogP contribution in [0.5, 0.6) is 0 Å². The molecule has 16 heavy (non-hydrogen) atoms. The van der Waals surface area contributed by atoms with E-state index in [0.29, 0.717) is 10.7 Å². The number of thiazole rings is 1. The molecule has 84 valence electrons. The highest BCUT2D eigenvalue weighted by Gasteiger charge is 2.06. The molecule has 0 unspecified atom stereocenters. The summed E-state index contributed by atoms with van der Waals surface area (Å²) >= 11 is 1.41. The van der Waals surface area contributed by atoms with Crippen molar-refractivity contribution in [1.29, 1.82) is 0 Å². The Kier molecular flexibility index (Phi) is 4.16. The van der Waals surface area contributed by atoms with Crippen molar-refractivity contribution in [3.63, 3.8) is 0 Å². The third-order valence-electron chi connectivity index (χ3n) is 1.93. The van der Waals surface area contributed by atoms with Crippen molar-refractivity contribution in [2.45, 2.75) is 6.92 Å². The molecular weight excluding hydrogens is 224 g/mol. The first kappa shape index (κ1) is 12.4. The van der Waals surface area contributed by atoms with Crippen LogP contribution in [0.2, 0.25) is 0 Å². The van der Waals surface area contributed by atoms with E-state index in [0.717, 1.165) is 5.56 Å². The molecule has 3 N–H and O–H groups in total. The molecule has 0 radical (unpaired) electrons. The van der Waals surface area contributed by atoms with E-state index in [4.69, 9.17) is 0 Å². The maximum atomic E-state index is 11.7. The van der Waals surface area contributed by atoms with E-state index >= 15 is 0 Å². The maximum Gasteiger partial charge on any atom is 0.257 e. The van der Waals surface area contributed by atoms with Crippen molar-refractivity contribution in [2.75, 3.05) is 5.32 Å². The minimum Gasteiger partial charge on any atom is -0.412 e. The molecule has 0 aliphatic carbocycles. The Balaban J connectivity index is 0.00000128. The van der Waals surface area contributed by atoms with Crippen molar-refractivity contribution >= 4 is 22.4 Å². The summed E-state index contributed by atoms with van der Waals surface area (Å²) in [7, 11) is 0. The molecular formula is C11H12N2O2S. The molecule has 2 rings (SSSR count). The lowest BCUT2D eigenvalue weighted by atomic mass is 10.1. The van der Waals surface area contributed by atoms with Crippen molar-refractivity contribution in [3.05, 3.63) is 47.0 Å². The number of carbonyl (C=O) groups excluding carboxylic acids is 1. The number of aromatic nitrogens is 1. The first-order valence-electron chi connectivity index (χ1n) is 4.53. The summed E-state index contributed by atoms with van der Waals surface area (Å²) in [6, 6.07) is 7.46. The molecule has 0 aliphatic heterocycles. The number of nitrogens with one attached hydrogen (secondary N) is 1. The van der Waals surface area contributed by atoms with Gasteiger partial charge in [-0.2, -0.15) is 0 Å². The second-order valence-electron chi connectivity index (χ2n) is 3.16. The van der Waals surface area contributed by atoms with Gasteiger partial charge in [0.15, 0.2) is 5.13 Å². The Morgan fingerprint density at radius 1 is 1.44 bits per heavy atom. The number of rotatable bonds is 2. The Bertz CT molecular complexity index is 469. The maximum absolute atomic E-state index is 11.7. The van der Waals surface area contributed by atoms with Crippen molar-refractivity contribution < 1.29 is 10.3 Å². The average Bonchev–Trinajstić information content (AvgIpc) is 2.70. The lowest BCUT2D eigenvalue weighted by Crippen LogP contribution is -2.11. The highest BCUT2D eigenvalue weighted by Crippen LogP contribution is 2.12. The van der Waals surface area contributed by atoms with Crippen LogP contribution in [0.15, 0.2) is 35.8 Å². The largest absolute Gasteiger partial charge is 0.412 e. The van der Waals surface area contributed by atoms with Gasteiger partial charge < -0.3 is 5.48 Å². The molecule has 1 aromatic carbocycles. The van der Waals surface area contributed by atoms with Crippen LogP contribution in [0, 0.1) is 6.92 Å². The van der Waals surface area contributed by atoms with Gasteiger partial charge in [0.1, 0.15) is 0 Å². The summed E-state index contributed by atoms with van der Waals surface area (Å²) in [4.78, 5) is 15.7. The molecule has 0 aliphatic rings. The van der Waals surface area contributed by atoms with Crippen LogP contribution in [0.1, 0.15) is 15.9 Å². The van der Waals surface area contributed by atoms with Crippen LogP contribution in [0.3, 0.4) is 0 Å². The van der Waals surface area contributed by atoms with Crippen LogP contribution in [-0.4, -0.2) is 16.4 Å². The van der Waals surface area contributed by atoms with Crippen LogP contribution < -0.4 is 5.32 Å². The van der Waals surface area contributed by atoms with Gasteiger partial charge in [-0.1, -0.05) is 17.7 Å². The van der Waals surface area contributed by atoms with E-state index in [1.54, 1.807) is 12.3 Å². The topological polar surface area (TPSA) is 73.5 Å². The van der Waals surface area contributed by atoms with E-state index in [1.165, 1.54) is 11.3 Å². The van der Waals surface area contributed by atoms with Gasteiger partial charge in [0, 0.05) is 17.1 Å².